The maximum atomic E-state index is 12.4. The summed E-state index contributed by atoms with van der Waals surface area (Å²) in [5, 5.41) is 13.1. The molecule has 1 fully saturated rings. The molecule has 0 spiro atoms. The first kappa shape index (κ1) is 15.2. The number of rotatable bonds is 3. The van der Waals surface area contributed by atoms with Gasteiger partial charge in [0.15, 0.2) is 5.13 Å². The van der Waals surface area contributed by atoms with Gasteiger partial charge in [-0.05, 0) is 31.0 Å². The fourth-order valence-electron chi connectivity index (χ4n) is 2.89. The van der Waals surface area contributed by atoms with Gasteiger partial charge in [0.1, 0.15) is 0 Å². The van der Waals surface area contributed by atoms with Gasteiger partial charge in [-0.2, -0.15) is 0 Å². The fraction of sp³-hybridized carbons (Fsp3) is 0.400. The molecule has 2 N–H and O–H groups in total. The summed E-state index contributed by atoms with van der Waals surface area (Å²) in [4.78, 5) is 28.0. The number of carboxylic acids is 1. The van der Waals surface area contributed by atoms with Crippen molar-refractivity contribution in [2.24, 2.45) is 11.8 Å². The van der Waals surface area contributed by atoms with E-state index >= 15 is 0 Å². The van der Waals surface area contributed by atoms with Crippen molar-refractivity contribution in [3.8, 4) is 0 Å². The standard InChI is InChI=1S/C15H15ClN2O3S/c16-8-5-6-11-12(7-8)22-15(17-11)18-13(19)9-3-1-2-4-10(9)14(20)21/h5-7,9-10H,1-4H2,(H,20,21)(H,17,18,19)/t9-,10+/m1/s1. The quantitative estimate of drug-likeness (QED) is 0.892. The van der Waals surface area contributed by atoms with E-state index in [-0.39, 0.29) is 5.91 Å². The second-order valence-corrected chi connectivity index (χ2v) is 6.92. The lowest BCUT2D eigenvalue weighted by molar-refractivity contribution is -0.147. The number of anilines is 1. The number of thiazole rings is 1. The number of nitrogens with one attached hydrogen (secondary N) is 1. The molecule has 1 amide bonds. The van der Waals surface area contributed by atoms with Crippen molar-refractivity contribution in [3.63, 3.8) is 0 Å². The molecule has 0 radical (unpaired) electrons. The topological polar surface area (TPSA) is 79.3 Å². The SMILES string of the molecule is O=C(O)[C@H]1CCCC[C@H]1C(=O)Nc1nc2ccc(Cl)cc2s1. The van der Waals surface area contributed by atoms with Crippen molar-refractivity contribution in [3.05, 3.63) is 23.2 Å². The third-order valence-electron chi connectivity index (χ3n) is 4.00. The Morgan fingerprint density at radius 3 is 2.73 bits per heavy atom. The number of carbonyl (C=O) groups excluding carboxylic acids is 1. The van der Waals surface area contributed by atoms with Gasteiger partial charge in [-0.15, -0.1) is 0 Å². The van der Waals surface area contributed by atoms with E-state index in [4.69, 9.17) is 11.6 Å². The third-order valence-corrected chi connectivity index (χ3v) is 5.17. The monoisotopic (exact) mass is 338 g/mol. The number of carbonyl (C=O) groups is 2. The van der Waals surface area contributed by atoms with Crippen LogP contribution in [0.25, 0.3) is 10.2 Å². The molecule has 1 aromatic heterocycles. The lowest BCUT2D eigenvalue weighted by Crippen LogP contribution is -2.36. The van der Waals surface area contributed by atoms with E-state index in [1.165, 1.54) is 11.3 Å². The number of nitrogens with zero attached hydrogens (tertiary/aromatic N) is 1. The highest BCUT2D eigenvalue weighted by Crippen LogP contribution is 2.33. The van der Waals surface area contributed by atoms with E-state index < -0.39 is 17.8 Å². The Morgan fingerprint density at radius 2 is 2.00 bits per heavy atom. The largest absolute Gasteiger partial charge is 0.481 e. The normalized spacial score (nSPS) is 21.7. The van der Waals surface area contributed by atoms with Crippen LogP contribution in [-0.4, -0.2) is 22.0 Å². The molecule has 1 aliphatic rings. The number of fused-ring (bicyclic) bond motifs is 1. The van der Waals surface area contributed by atoms with E-state index in [0.717, 1.165) is 23.1 Å². The van der Waals surface area contributed by atoms with Crippen molar-refractivity contribution < 1.29 is 14.7 Å². The summed E-state index contributed by atoms with van der Waals surface area (Å²) < 4.78 is 0.890. The molecule has 1 aliphatic carbocycles. The molecule has 2 aromatic rings. The summed E-state index contributed by atoms with van der Waals surface area (Å²) in [6, 6.07) is 5.34. The van der Waals surface area contributed by atoms with Crippen LogP contribution in [0.5, 0.6) is 0 Å². The molecule has 5 nitrogen and oxygen atoms in total. The number of hydrogen-bond donors (Lipinski definition) is 2. The molecule has 0 bridgehead atoms. The highest BCUT2D eigenvalue weighted by atomic mass is 35.5. The van der Waals surface area contributed by atoms with E-state index in [2.05, 4.69) is 10.3 Å². The maximum absolute atomic E-state index is 12.4. The minimum Gasteiger partial charge on any atom is -0.481 e. The Labute approximate surface area is 136 Å². The molecule has 2 atom stereocenters. The lowest BCUT2D eigenvalue weighted by atomic mass is 9.79. The van der Waals surface area contributed by atoms with Crippen LogP contribution in [-0.2, 0) is 9.59 Å². The van der Waals surface area contributed by atoms with Crippen LogP contribution in [0, 0.1) is 11.8 Å². The van der Waals surface area contributed by atoms with Crippen LogP contribution in [0.4, 0.5) is 5.13 Å². The number of aromatic nitrogens is 1. The molecular formula is C15H15ClN2O3S. The fourth-order valence-corrected chi connectivity index (χ4v) is 4.04. The van der Waals surface area contributed by atoms with Gasteiger partial charge in [-0.3, -0.25) is 9.59 Å². The zero-order chi connectivity index (χ0) is 15.7. The van der Waals surface area contributed by atoms with Gasteiger partial charge < -0.3 is 10.4 Å². The molecule has 1 heterocycles. The third kappa shape index (κ3) is 3.08. The summed E-state index contributed by atoms with van der Waals surface area (Å²) in [5.41, 5.74) is 0.767. The van der Waals surface area contributed by atoms with E-state index in [1.54, 1.807) is 18.2 Å². The zero-order valence-corrected chi connectivity index (χ0v) is 13.3. The predicted molar refractivity (Wildman–Crippen MR) is 86.3 cm³/mol. The Bertz CT molecular complexity index is 731. The highest BCUT2D eigenvalue weighted by Gasteiger charge is 2.35. The molecular weight excluding hydrogens is 324 g/mol. The van der Waals surface area contributed by atoms with E-state index in [9.17, 15) is 14.7 Å². The second-order valence-electron chi connectivity index (χ2n) is 5.46. The molecule has 0 saturated heterocycles. The van der Waals surface area contributed by atoms with Gasteiger partial charge in [-0.25, -0.2) is 4.98 Å². The van der Waals surface area contributed by atoms with Crippen LogP contribution in [0.2, 0.25) is 5.02 Å². The van der Waals surface area contributed by atoms with Gasteiger partial charge >= 0.3 is 5.97 Å². The number of carboxylic acid groups (broad SMARTS) is 1. The highest BCUT2D eigenvalue weighted by molar-refractivity contribution is 7.22. The van der Waals surface area contributed by atoms with Gasteiger partial charge in [0.2, 0.25) is 5.91 Å². The van der Waals surface area contributed by atoms with Crippen LogP contribution in [0.15, 0.2) is 18.2 Å². The predicted octanol–water partition coefficient (Wildman–Crippen LogP) is 3.78. The Balaban J connectivity index is 1.78. The number of hydrogen-bond acceptors (Lipinski definition) is 4. The second kappa shape index (κ2) is 6.22. The van der Waals surface area contributed by atoms with Gasteiger partial charge in [0.25, 0.3) is 0 Å². The van der Waals surface area contributed by atoms with Crippen LogP contribution in [0.1, 0.15) is 25.7 Å². The molecule has 1 saturated carbocycles. The van der Waals surface area contributed by atoms with Crippen LogP contribution < -0.4 is 5.32 Å². The van der Waals surface area contributed by atoms with Gasteiger partial charge in [-0.1, -0.05) is 35.8 Å². The summed E-state index contributed by atoms with van der Waals surface area (Å²) in [7, 11) is 0. The van der Waals surface area contributed by atoms with Crippen molar-refractivity contribution in [1.82, 2.24) is 4.98 Å². The summed E-state index contributed by atoms with van der Waals surface area (Å²) >= 11 is 7.27. The first-order chi connectivity index (χ1) is 10.5. The zero-order valence-electron chi connectivity index (χ0n) is 11.7. The molecule has 0 unspecified atom stereocenters. The first-order valence-electron chi connectivity index (χ1n) is 7.14. The summed E-state index contributed by atoms with van der Waals surface area (Å²) in [5.74, 6) is -2.23. The summed E-state index contributed by atoms with van der Waals surface area (Å²) in [6.07, 6.45) is 2.92. The van der Waals surface area contributed by atoms with Crippen molar-refractivity contribution in [2.75, 3.05) is 5.32 Å². The number of amides is 1. The Kier molecular flexibility index (Phi) is 4.31. The molecule has 3 rings (SSSR count). The minimum absolute atomic E-state index is 0.253. The molecule has 116 valence electrons. The van der Waals surface area contributed by atoms with Crippen molar-refractivity contribution in [2.45, 2.75) is 25.7 Å². The van der Waals surface area contributed by atoms with Gasteiger partial charge in [0.05, 0.1) is 22.1 Å². The first-order valence-corrected chi connectivity index (χ1v) is 8.34. The average molecular weight is 339 g/mol. The van der Waals surface area contributed by atoms with E-state index in [0.29, 0.717) is 23.0 Å². The van der Waals surface area contributed by atoms with Crippen LogP contribution in [0.3, 0.4) is 0 Å². The smallest absolute Gasteiger partial charge is 0.307 e. The molecule has 0 aliphatic heterocycles. The van der Waals surface area contributed by atoms with E-state index in [1.807, 2.05) is 0 Å². The number of aliphatic carboxylic acids is 1. The van der Waals surface area contributed by atoms with Gasteiger partial charge in [0, 0.05) is 5.02 Å². The Morgan fingerprint density at radius 1 is 1.27 bits per heavy atom. The number of halogens is 1. The summed E-state index contributed by atoms with van der Waals surface area (Å²) in [6.45, 7) is 0. The van der Waals surface area contributed by atoms with Crippen molar-refractivity contribution in [1.29, 1.82) is 0 Å². The lowest BCUT2D eigenvalue weighted by Gasteiger charge is -2.26. The minimum atomic E-state index is -0.893. The molecule has 22 heavy (non-hydrogen) atoms. The molecule has 7 heteroatoms. The average Bonchev–Trinajstić information content (AvgIpc) is 2.88. The van der Waals surface area contributed by atoms with Crippen molar-refractivity contribution >= 4 is 50.2 Å². The molecule has 1 aromatic carbocycles. The maximum Gasteiger partial charge on any atom is 0.307 e. The van der Waals surface area contributed by atoms with Crippen LogP contribution >= 0.6 is 22.9 Å². The Hall–Kier alpha value is -1.66. The number of benzene rings is 1.